The van der Waals surface area contributed by atoms with E-state index in [9.17, 15) is 43.5 Å². The molecule has 22 heteroatoms. The molecule has 0 saturated carbocycles. The third-order valence-corrected chi connectivity index (χ3v) is 17.8. The van der Waals surface area contributed by atoms with Crippen molar-refractivity contribution in [1.82, 2.24) is 39.6 Å². The van der Waals surface area contributed by atoms with E-state index in [2.05, 4.69) is 5.32 Å². The number of Topliss-reactive ketones (excluding diaryl/α,β-unsaturated/α-hetero) is 3. The number of nitrogens with one attached hydrogen (secondary N) is 1. The molecule has 1 fully saturated rings. The Morgan fingerprint density at radius 3 is 1.43 bits per heavy atom. The minimum atomic E-state index is -1.62. The first kappa shape index (κ1) is 81.0. The molecule has 0 spiro atoms. The van der Waals surface area contributed by atoms with Gasteiger partial charge in [-0.15, -0.1) is 0 Å². The monoisotopic (exact) mass is 1260 g/mol. The maximum Gasteiger partial charge on any atom is 0.303 e. The van der Waals surface area contributed by atoms with Crippen molar-refractivity contribution < 1.29 is 67.4 Å². The van der Waals surface area contributed by atoms with E-state index < -0.39 is 167 Å². The molecule has 1 heterocycles. The van der Waals surface area contributed by atoms with Crippen LogP contribution in [0.1, 0.15) is 176 Å². The molecule has 14 atom stereocenters. The van der Waals surface area contributed by atoms with Gasteiger partial charge in [-0.2, -0.15) is 0 Å². The van der Waals surface area contributed by atoms with Gasteiger partial charge in [-0.25, -0.2) is 0 Å². The second kappa shape index (κ2) is 36.7. The lowest BCUT2D eigenvalue weighted by molar-refractivity contribution is -0.164. The minimum Gasteiger partial charge on any atom is -0.459 e. The highest BCUT2D eigenvalue weighted by molar-refractivity contribution is 6.00. The van der Waals surface area contributed by atoms with Gasteiger partial charge < -0.3 is 49.5 Å². The molecule has 2 N–H and O–H groups in total. The average Bonchev–Trinajstić information content (AvgIpc) is 0.924. The van der Waals surface area contributed by atoms with Crippen LogP contribution in [-0.2, 0) is 62.3 Å². The number of amides is 8. The van der Waals surface area contributed by atoms with Crippen LogP contribution in [0.2, 0.25) is 0 Å². The largest absolute Gasteiger partial charge is 0.459 e. The van der Waals surface area contributed by atoms with Gasteiger partial charge in [-0.05, 0) is 81.5 Å². The second-order valence-corrected chi connectivity index (χ2v) is 27.5. The molecule has 1 saturated heterocycles. The molecule has 0 aliphatic carbocycles. The molecule has 0 bridgehead atoms. The number of aliphatic hydroxyl groups is 1. The van der Waals surface area contributed by atoms with Crippen molar-refractivity contribution in [3.63, 3.8) is 0 Å². The number of hydrogen-bond donors (Lipinski definition) is 2. The Hall–Kier alpha value is -6.06. The molecule has 508 valence electrons. The first-order valence-corrected chi connectivity index (χ1v) is 32.2. The Bertz CT molecular complexity index is 2480. The SMILES string of the molecule is C/C=C/C[C@@H](C)[C@@H](OC(C)=O)[C@H]1C(=O)N[C@@H](CC)C(=O)N(C)[C@H](C)C(=O)N(C)[C@@H]([C@H](C)CO)C(=O)C[C@@H](C(C)C)C(=O)N(C)[C@@H](CC(C)C)C(=O)C[C@@H](C)C(=O)C[C@H](C)C(=O)N(C)[C@@H](CC(C)C)C(=O)N(C)[C@@H](CC(C)C)C(=O)N(C)[C@@H](C(C)C)C(=O)N1C. The van der Waals surface area contributed by atoms with Crippen molar-refractivity contribution in [2.75, 3.05) is 55.9 Å². The summed E-state index contributed by atoms with van der Waals surface area (Å²) in [4.78, 5) is 184. The molecule has 0 aromatic carbocycles. The van der Waals surface area contributed by atoms with Crippen LogP contribution in [0.15, 0.2) is 12.2 Å². The Kier molecular flexibility index (Phi) is 33.4. The number of carbonyl (C=O) groups excluding carboxylic acids is 12. The lowest BCUT2D eigenvalue weighted by Crippen LogP contribution is -2.64. The zero-order chi connectivity index (χ0) is 69.1. The van der Waals surface area contributed by atoms with Gasteiger partial charge >= 0.3 is 5.97 Å². The molecule has 0 unspecified atom stereocenters. The maximum atomic E-state index is 15.4. The fourth-order valence-electron chi connectivity index (χ4n) is 12.1. The quantitative estimate of drug-likeness (QED) is 0.131. The third kappa shape index (κ3) is 22.1. The van der Waals surface area contributed by atoms with E-state index in [-0.39, 0.29) is 74.9 Å². The summed E-state index contributed by atoms with van der Waals surface area (Å²) in [6.45, 7) is 30.2. The molecule has 1 aliphatic rings. The van der Waals surface area contributed by atoms with E-state index in [0.29, 0.717) is 0 Å². The highest BCUT2D eigenvalue weighted by Crippen LogP contribution is 2.30. The molecule has 89 heavy (non-hydrogen) atoms. The molecule has 0 aromatic rings. The van der Waals surface area contributed by atoms with Crippen LogP contribution in [0.5, 0.6) is 0 Å². The summed E-state index contributed by atoms with van der Waals surface area (Å²) in [6, 6.07) is -10.1. The van der Waals surface area contributed by atoms with Crippen molar-refractivity contribution in [2.24, 2.45) is 59.2 Å². The Morgan fingerprint density at radius 1 is 0.528 bits per heavy atom. The van der Waals surface area contributed by atoms with E-state index >= 15 is 19.2 Å². The first-order valence-electron chi connectivity index (χ1n) is 32.2. The number of aliphatic hydroxyl groups excluding tert-OH is 1. The van der Waals surface area contributed by atoms with Crippen molar-refractivity contribution in [3.05, 3.63) is 12.2 Å². The molecular formula is C67H116N8O14. The van der Waals surface area contributed by atoms with Gasteiger partial charge in [0.25, 0.3) is 0 Å². The number of likely N-dealkylation sites (N-methyl/N-ethyl adjacent to an activating group) is 7. The summed E-state index contributed by atoms with van der Waals surface area (Å²) in [5.74, 6) is -13.2. The highest BCUT2D eigenvalue weighted by atomic mass is 16.5. The van der Waals surface area contributed by atoms with Crippen LogP contribution in [-0.4, -0.2) is 220 Å². The van der Waals surface area contributed by atoms with Crippen molar-refractivity contribution in [1.29, 1.82) is 0 Å². The molecule has 0 aromatic heterocycles. The Morgan fingerprint density at radius 2 is 0.978 bits per heavy atom. The number of hydrogen-bond acceptors (Lipinski definition) is 14. The molecular weight excluding hydrogens is 1140 g/mol. The smallest absolute Gasteiger partial charge is 0.303 e. The minimum absolute atomic E-state index is 0.0266. The molecule has 22 nitrogen and oxygen atoms in total. The van der Waals surface area contributed by atoms with E-state index in [1.807, 2.05) is 47.6 Å². The lowest BCUT2D eigenvalue weighted by Gasteiger charge is -2.42. The average molecular weight is 1260 g/mol. The van der Waals surface area contributed by atoms with Crippen molar-refractivity contribution in [2.45, 2.75) is 230 Å². The van der Waals surface area contributed by atoms with Gasteiger partial charge in [0.05, 0.1) is 12.1 Å². The summed E-state index contributed by atoms with van der Waals surface area (Å²) in [5, 5.41) is 13.3. The highest BCUT2D eigenvalue weighted by Gasteiger charge is 2.47. The summed E-state index contributed by atoms with van der Waals surface area (Å²) >= 11 is 0. The van der Waals surface area contributed by atoms with E-state index in [1.165, 1.54) is 82.8 Å². The Balaban J connectivity index is 4.49. The van der Waals surface area contributed by atoms with Crippen LogP contribution in [0, 0.1) is 59.2 Å². The number of carbonyl (C=O) groups is 12. The van der Waals surface area contributed by atoms with Crippen molar-refractivity contribution in [3.8, 4) is 0 Å². The number of esters is 1. The maximum absolute atomic E-state index is 15.4. The molecule has 8 amide bonds. The zero-order valence-corrected chi connectivity index (χ0v) is 58.9. The van der Waals surface area contributed by atoms with Crippen molar-refractivity contribution >= 4 is 70.6 Å². The van der Waals surface area contributed by atoms with Crippen LogP contribution in [0.4, 0.5) is 0 Å². The normalized spacial score (nSPS) is 27.6. The lowest BCUT2D eigenvalue weighted by atomic mass is 9.83. The van der Waals surface area contributed by atoms with E-state index in [0.717, 1.165) is 14.7 Å². The summed E-state index contributed by atoms with van der Waals surface area (Å²) < 4.78 is 5.94. The molecule has 1 aliphatic heterocycles. The topological polar surface area (TPSA) is 269 Å². The first-order chi connectivity index (χ1) is 41.1. The van der Waals surface area contributed by atoms with Gasteiger partial charge in [0.15, 0.2) is 11.6 Å². The van der Waals surface area contributed by atoms with Crippen LogP contribution in [0.3, 0.4) is 0 Å². The summed E-state index contributed by atoms with van der Waals surface area (Å²) in [6.07, 6.45) is 2.15. The van der Waals surface area contributed by atoms with Gasteiger partial charge in [0.2, 0.25) is 47.3 Å². The van der Waals surface area contributed by atoms with Crippen LogP contribution >= 0.6 is 0 Å². The zero-order valence-electron chi connectivity index (χ0n) is 58.9. The molecule has 1 rings (SSSR count). The van der Waals surface area contributed by atoms with E-state index in [1.54, 1.807) is 75.3 Å². The number of nitrogens with zero attached hydrogens (tertiary/aromatic N) is 7. The fourth-order valence-corrected chi connectivity index (χ4v) is 12.1. The van der Waals surface area contributed by atoms with Gasteiger partial charge in [0, 0.05) is 106 Å². The second-order valence-electron chi connectivity index (χ2n) is 27.5. The fraction of sp³-hybridized carbons (Fsp3) is 0.791. The number of ether oxygens (including phenoxy) is 1. The van der Waals surface area contributed by atoms with Gasteiger partial charge in [0.1, 0.15) is 48.1 Å². The van der Waals surface area contributed by atoms with E-state index in [4.69, 9.17) is 4.74 Å². The number of ketones is 3. The predicted octanol–water partition coefficient (Wildman–Crippen LogP) is 6.08. The Labute approximate surface area is 533 Å². The van der Waals surface area contributed by atoms with Gasteiger partial charge in [-0.1, -0.05) is 116 Å². The predicted molar refractivity (Wildman–Crippen MR) is 343 cm³/mol. The summed E-state index contributed by atoms with van der Waals surface area (Å²) in [7, 11) is 9.97. The van der Waals surface area contributed by atoms with Crippen LogP contribution in [0.25, 0.3) is 0 Å². The van der Waals surface area contributed by atoms with Gasteiger partial charge in [-0.3, -0.25) is 57.5 Å². The summed E-state index contributed by atoms with van der Waals surface area (Å²) in [5.41, 5.74) is 0. The number of rotatable bonds is 16. The number of allylic oxidation sites excluding steroid dienone is 2. The third-order valence-electron chi connectivity index (χ3n) is 17.8. The molecule has 0 radical (unpaired) electrons. The standard InChI is InChI=1S/C67H116N8O14/c1-26-28-29-42(13)59(89-47(18)77)58-60(81)68-49(27-2)64(85)69(19)46(17)62(83)74(24)57(45(16)36-76)55(80)35-48(40(9)10)63(84)70(20)50(30-37(3)4)54(79)33-43(14)53(78)34-44(15)61(82)71(21)51(31-38(5)6)65(86)72(22)52(32-39(7)8)66(87)73(23)56(41(11)12)67(88)75(58)25/h26,28,37-46,48-52,56-59,76H,27,29-36H2,1-25H3,(H,68,81)/b28-26+/t42-,43-,44+,45-,46-,48+,49+,50+,51+,52+,56+,57+,58+,59-/m1/s1. The van der Waals surface area contributed by atoms with Crippen LogP contribution < -0.4 is 5.32 Å².